The molecule has 1 aromatic carbocycles. The number of aromatic nitrogens is 2. The van der Waals surface area contributed by atoms with Gasteiger partial charge in [0.25, 0.3) is 0 Å². The van der Waals surface area contributed by atoms with Crippen molar-refractivity contribution in [3.8, 4) is 0 Å². The lowest BCUT2D eigenvalue weighted by Gasteiger charge is -2.27. The highest BCUT2D eigenvalue weighted by Crippen LogP contribution is 2.27. The molecule has 2 aromatic rings. The summed E-state index contributed by atoms with van der Waals surface area (Å²) in [6.45, 7) is 1.15. The van der Waals surface area contributed by atoms with Gasteiger partial charge in [0.2, 0.25) is 10.0 Å². The van der Waals surface area contributed by atoms with Crippen LogP contribution >= 0.6 is 15.9 Å². The summed E-state index contributed by atoms with van der Waals surface area (Å²) in [6, 6.07) is 3.57. The van der Waals surface area contributed by atoms with Crippen LogP contribution in [0.1, 0.15) is 5.82 Å². The van der Waals surface area contributed by atoms with Crippen molar-refractivity contribution in [3.05, 3.63) is 46.7 Å². The van der Waals surface area contributed by atoms with E-state index in [1.165, 1.54) is 10.4 Å². The quantitative estimate of drug-likeness (QED) is 0.823. The minimum atomic E-state index is -3.66. The Kier molecular flexibility index (Phi) is 3.39. The van der Waals surface area contributed by atoms with Crippen molar-refractivity contribution in [1.29, 1.82) is 0 Å². The summed E-state index contributed by atoms with van der Waals surface area (Å²) in [4.78, 5) is 4.20. The van der Waals surface area contributed by atoms with Crippen LogP contribution in [0.5, 0.6) is 0 Å². The van der Waals surface area contributed by atoms with E-state index >= 15 is 0 Å². The molecule has 1 aliphatic rings. The highest BCUT2D eigenvalue weighted by atomic mass is 79.9. The summed E-state index contributed by atoms with van der Waals surface area (Å²) >= 11 is 3.11. The van der Waals surface area contributed by atoms with E-state index in [4.69, 9.17) is 0 Å². The summed E-state index contributed by atoms with van der Waals surface area (Å²) in [5.74, 6) is 0.225. The standard InChI is InChI=1S/C12H11BrFN3O2S/c13-10-7-9(14)1-2-11(10)20(18,19)17-6-5-16-4-3-15-12(16)8-17/h1-4,7H,5-6,8H2. The van der Waals surface area contributed by atoms with E-state index in [9.17, 15) is 12.8 Å². The average molecular weight is 360 g/mol. The summed E-state index contributed by atoms with van der Waals surface area (Å²) in [5, 5.41) is 0. The highest BCUT2D eigenvalue weighted by molar-refractivity contribution is 9.10. The number of hydrogen-bond donors (Lipinski definition) is 0. The first-order chi connectivity index (χ1) is 9.48. The molecule has 106 valence electrons. The molecule has 3 rings (SSSR count). The fourth-order valence-electron chi connectivity index (χ4n) is 2.18. The molecule has 0 saturated carbocycles. The van der Waals surface area contributed by atoms with Gasteiger partial charge >= 0.3 is 0 Å². The van der Waals surface area contributed by atoms with Gasteiger partial charge in [0, 0.05) is 30.0 Å². The first-order valence-corrected chi connectivity index (χ1v) is 8.17. The Morgan fingerprint density at radius 3 is 2.85 bits per heavy atom. The molecule has 0 saturated heterocycles. The van der Waals surface area contributed by atoms with E-state index in [1.807, 2.05) is 10.8 Å². The maximum absolute atomic E-state index is 13.1. The van der Waals surface area contributed by atoms with Gasteiger partial charge < -0.3 is 4.57 Å². The largest absolute Gasteiger partial charge is 0.333 e. The van der Waals surface area contributed by atoms with Gasteiger partial charge in [0.1, 0.15) is 11.6 Å². The second-order valence-corrected chi connectivity index (χ2v) is 7.21. The van der Waals surface area contributed by atoms with Crippen LogP contribution in [0.3, 0.4) is 0 Å². The van der Waals surface area contributed by atoms with Crippen LogP contribution in [-0.2, 0) is 23.1 Å². The van der Waals surface area contributed by atoms with Crippen LogP contribution in [0.2, 0.25) is 0 Å². The Morgan fingerprint density at radius 1 is 1.30 bits per heavy atom. The number of fused-ring (bicyclic) bond motifs is 1. The smallest absolute Gasteiger partial charge is 0.244 e. The lowest BCUT2D eigenvalue weighted by Crippen LogP contribution is -2.38. The number of sulfonamides is 1. The fourth-order valence-corrected chi connectivity index (χ4v) is 4.58. The number of halogens is 2. The summed E-state index contributed by atoms with van der Waals surface area (Å²) in [6.07, 6.45) is 3.48. The van der Waals surface area contributed by atoms with Gasteiger partial charge in [0.05, 0.1) is 11.4 Å². The molecule has 1 aliphatic heterocycles. The number of rotatable bonds is 2. The molecule has 5 nitrogen and oxygen atoms in total. The first-order valence-electron chi connectivity index (χ1n) is 5.94. The van der Waals surface area contributed by atoms with Crippen LogP contribution in [-0.4, -0.2) is 28.8 Å². The lowest BCUT2D eigenvalue weighted by atomic mass is 10.3. The molecular formula is C12H11BrFN3O2S. The van der Waals surface area contributed by atoms with Crippen LogP contribution in [0.4, 0.5) is 4.39 Å². The van der Waals surface area contributed by atoms with Crippen LogP contribution in [0, 0.1) is 5.82 Å². The van der Waals surface area contributed by atoms with Crippen molar-refractivity contribution in [1.82, 2.24) is 13.9 Å². The van der Waals surface area contributed by atoms with Gasteiger partial charge in [-0.2, -0.15) is 4.31 Å². The van der Waals surface area contributed by atoms with Gasteiger partial charge in [-0.1, -0.05) is 0 Å². The van der Waals surface area contributed by atoms with Gasteiger partial charge in [-0.05, 0) is 34.1 Å². The molecular weight excluding hydrogens is 349 g/mol. The summed E-state index contributed by atoms with van der Waals surface area (Å²) in [5.41, 5.74) is 0. The molecule has 8 heteroatoms. The molecule has 0 fully saturated rings. The molecule has 0 atom stereocenters. The fraction of sp³-hybridized carbons (Fsp3) is 0.250. The molecule has 0 amide bonds. The second kappa shape index (κ2) is 4.94. The summed E-state index contributed by atoms with van der Waals surface area (Å²) in [7, 11) is -3.66. The third-order valence-electron chi connectivity index (χ3n) is 3.22. The molecule has 0 unspecified atom stereocenters. The van der Waals surface area contributed by atoms with Crippen molar-refractivity contribution in [2.45, 2.75) is 18.0 Å². The summed E-state index contributed by atoms with van der Waals surface area (Å²) < 4.78 is 41.8. The Balaban J connectivity index is 1.97. The Bertz CT molecular complexity index is 760. The Labute approximate surface area is 124 Å². The van der Waals surface area contributed by atoms with E-state index in [0.717, 1.165) is 12.1 Å². The van der Waals surface area contributed by atoms with Crippen molar-refractivity contribution < 1.29 is 12.8 Å². The molecule has 0 aliphatic carbocycles. The maximum Gasteiger partial charge on any atom is 0.244 e. The van der Waals surface area contributed by atoms with Crippen molar-refractivity contribution >= 4 is 26.0 Å². The normalized spacial score (nSPS) is 16.1. The molecule has 2 heterocycles. The van der Waals surface area contributed by atoms with Gasteiger partial charge in [0.15, 0.2) is 0 Å². The van der Waals surface area contributed by atoms with Crippen molar-refractivity contribution in [2.24, 2.45) is 0 Å². The van der Waals surface area contributed by atoms with E-state index < -0.39 is 15.8 Å². The van der Waals surface area contributed by atoms with E-state index in [1.54, 1.807) is 6.20 Å². The maximum atomic E-state index is 13.1. The zero-order valence-electron chi connectivity index (χ0n) is 10.3. The molecule has 0 bridgehead atoms. The molecule has 20 heavy (non-hydrogen) atoms. The van der Waals surface area contributed by atoms with Gasteiger partial charge in [-0.3, -0.25) is 0 Å². The topological polar surface area (TPSA) is 55.2 Å². The van der Waals surface area contributed by atoms with E-state index in [0.29, 0.717) is 18.9 Å². The predicted octanol–water partition coefficient (Wildman–Crippen LogP) is 1.99. The molecule has 0 radical (unpaired) electrons. The lowest BCUT2D eigenvalue weighted by molar-refractivity contribution is 0.335. The van der Waals surface area contributed by atoms with Crippen LogP contribution < -0.4 is 0 Å². The Morgan fingerprint density at radius 2 is 2.10 bits per heavy atom. The number of hydrogen-bond acceptors (Lipinski definition) is 3. The zero-order valence-corrected chi connectivity index (χ0v) is 12.7. The zero-order chi connectivity index (χ0) is 14.3. The number of benzene rings is 1. The predicted molar refractivity (Wildman–Crippen MR) is 73.9 cm³/mol. The first kappa shape index (κ1) is 13.7. The third-order valence-corrected chi connectivity index (χ3v) is 6.04. The monoisotopic (exact) mass is 359 g/mol. The van der Waals surface area contributed by atoms with Crippen LogP contribution in [0.25, 0.3) is 0 Å². The SMILES string of the molecule is O=S(=O)(c1ccc(F)cc1Br)N1CCn2ccnc2C1. The molecule has 1 aromatic heterocycles. The Hall–Kier alpha value is -1.25. The minimum Gasteiger partial charge on any atom is -0.333 e. The average Bonchev–Trinajstić information content (AvgIpc) is 2.85. The van der Waals surface area contributed by atoms with Gasteiger partial charge in [-0.15, -0.1) is 0 Å². The van der Waals surface area contributed by atoms with Crippen LogP contribution in [0.15, 0.2) is 40.0 Å². The third kappa shape index (κ3) is 2.27. The van der Waals surface area contributed by atoms with Gasteiger partial charge in [-0.25, -0.2) is 17.8 Å². The number of imidazole rings is 1. The van der Waals surface area contributed by atoms with E-state index in [2.05, 4.69) is 20.9 Å². The molecule has 0 N–H and O–H groups in total. The minimum absolute atomic E-state index is 0.0684. The van der Waals surface area contributed by atoms with Crippen molar-refractivity contribution in [2.75, 3.05) is 6.54 Å². The number of nitrogens with zero attached hydrogens (tertiary/aromatic N) is 3. The molecule has 0 spiro atoms. The highest BCUT2D eigenvalue weighted by Gasteiger charge is 2.30. The van der Waals surface area contributed by atoms with E-state index in [-0.39, 0.29) is 15.9 Å². The second-order valence-electron chi connectivity index (χ2n) is 4.45. The van der Waals surface area contributed by atoms with Crippen molar-refractivity contribution in [3.63, 3.8) is 0 Å².